The van der Waals surface area contributed by atoms with Crippen molar-refractivity contribution in [3.8, 4) is 0 Å². The highest BCUT2D eigenvalue weighted by atomic mass is 16.1. The summed E-state index contributed by atoms with van der Waals surface area (Å²) >= 11 is 0. The SMILES string of the molecule is Cc1ccc(NC(=O)c2cnc(NCCC3=CCCCC3)nc2)cc1C. The second kappa shape index (κ2) is 8.61. The van der Waals surface area contributed by atoms with Gasteiger partial charge in [0.05, 0.1) is 5.56 Å². The number of allylic oxidation sites excluding steroid dienone is 1. The van der Waals surface area contributed by atoms with Crippen molar-refractivity contribution >= 4 is 17.5 Å². The van der Waals surface area contributed by atoms with Gasteiger partial charge >= 0.3 is 0 Å². The third-order valence-corrected chi connectivity index (χ3v) is 4.79. The van der Waals surface area contributed by atoms with Crippen LogP contribution in [0.25, 0.3) is 0 Å². The maximum absolute atomic E-state index is 12.3. The van der Waals surface area contributed by atoms with Crippen molar-refractivity contribution in [2.45, 2.75) is 46.0 Å². The van der Waals surface area contributed by atoms with Gasteiger partial charge in [0, 0.05) is 24.6 Å². The van der Waals surface area contributed by atoms with E-state index in [0.717, 1.165) is 24.2 Å². The minimum Gasteiger partial charge on any atom is -0.354 e. The van der Waals surface area contributed by atoms with Gasteiger partial charge in [-0.1, -0.05) is 17.7 Å². The van der Waals surface area contributed by atoms with Crippen molar-refractivity contribution in [1.82, 2.24) is 9.97 Å². The molecule has 1 amide bonds. The van der Waals surface area contributed by atoms with Crippen LogP contribution in [0.2, 0.25) is 0 Å². The molecule has 0 atom stereocenters. The molecule has 0 fully saturated rings. The molecule has 0 aliphatic heterocycles. The van der Waals surface area contributed by atoms with Crippen LogP contribution >= 0.6 is 0 Å². The molecule has 1 aliphatic carbocycles. The maximum atomic E-state index is 12.3. The number of nitrogens with zero attached hydrogens (tertiary/aromatic N) is 2. The minimum absolute atomic E-state index is 0.202. The van der Waals surface area contributed by atoms with E-state index in [1.165, 1.54) is 36.8 Å². The Bertz CT molecular complexity index is 796. The Hall–Kier alpha value is -2.69. The lowest BCUT2D eigenvalue weighted by Crippen LogP contribution is -2.14. The van der Waals surface area contributed by atoms with Crippen molar-refractivity contribution in [2.24, 2.45) is 0 Å². The summed E-state index contributed by atoms with van der Waals surface area (Å²) in [5, 5.41) is 6.11. The van der Waals surface area contributed by atoms with Gasteiger partial charge in [0.15, 0.2) is 0 Å². The lowest BCUT2D eigenvalue weighted by molar-refractivity contribution is 0.102. The molecule has 0 radical (unpaired) electrons. The first kappa shape index (κ1) is 18.1. The van der Waals surface area contributed by atoms with Gasteiger partial charge in [0.1, 0.15) is 0 Å². The number of carbonyl (C=O) groups excluding carboxylic acids is 1. The molecule has 2 aromatic rings. The number of aromatic nitrogens is 2. The van der Waals surface area contributed by atoms with Crippen molar-refractivity contribution in [3.63, 3.8) is 0 Å². The monoisotopic (exact) mass is 350 g/mol. The van der Waals surface area contributed by atoms with Crippen LogP contribution < -0.4 is 10.6 Å². The highest BCUT2D eigenvalue weighted by Gasteiger charge is 2.09. The lowest BCUT2D eigenvalue weighted by atomic mass is 9.97. The molecule has 1 aromatic heterocycles. The van der Waals surface area contributed by atoms with Gasteiger partial charge in [-0.2, -0.15) is 0 Å². The third kappa shape index (κ3) is 4.91. The Morgan fingerprint density at radius 2 is 1.92 bits per heavy atom. The van der Waals surface area contributed by atoms with E-state index in [-0.39, 0.29) is 5.91 Å². The predicted molar refractivity (Wildman–Crippen MR) is 106 cm³/mol. The smallest absolute Gasteiger partial charge is 0.258 e. The van der Waals surface area contributed by atoms with Gasteiger partial charge in [-0.25, -0.2) is 9.97 Å². The van der Waals surface area contributed by atoms with E-state index >= 15 is 0 Å². The molecule has 2 N–H and O–H groups in total. The number of rotatable bonds is 6. The Morgan fingerprint density at radius 1 is 1.12 bits per heavy atom. The van der Waals surface area contributed by atoms with E-state index in [4.69, 9.17) is 0 Å². The van der Waals surface area contributed by atoms with Gasteiger partial charge in [-0.15, -0.1) is 0 Å². The number of aryl methyl sites for hydroxylation is 2. The lowest BCUT2D eigenvalue weighted by Gasteiger charge is -2.13. The molecule has 0 saturated carbocycles. The fourth-order valence-electron chi connectivity index (χ4n) is 3.03. The quantitative estimate of drug-likeness (QED) is 0.744. The van der Waals surface area contributed by atoms with Gasteiger partial charge in [0.25, 0.3) is 5.91 Å². The molecule has 26 heavy (non-hydrogen) atoms. The molecular formula is C21H26N4O. The summed E-state index contributed by atoms with van der Waals surface area (Å²) in [6, 6.07) is 5.86. The fraction of sp³-hybridized carbons (Fsp3) is 0.381. The number of hydrogen-bond acceptors (Lipinski definition) is 4. The summed E-state index contributed by atoms with van der Waals surface area (Å²) in [7, 11) is 0. The van der Waals surface area contributed by atoms with E-state index in [2.05, 4.69) is 26.7 Å². The molecule has 0 bridgehead atoms. The average molecular weight is 350 g/mol. The molecule has 1 aromatic carbocycles. The van der Waals surface area contributed by atoms with Gasteiger partial charge in [-0.3, -0.25) is 4.79 Å². The Balaban J connectivity index is 1.52. The second-order valence-corrected chi connectivity index (χ2v) is 6.83. The number of nitrogens with one attached hydrogen (secondary N) is 2. The van der Waals surface area contributed by atoms with Crippen LogP contribution in [0.1, 0.15) is 53.6 Å². The molecule has 1 heterocycles. The number of hydrogen-bond donors (Lipinski definition) is 2. The maximum Gasteiger partial charge on any atom is 0.258 e. The molecule has 0 saturated heterocycles. The standard InChI is InChI=1S/C21H26N4O/c1-15-8-9-19(12-16(15)2)25-20(26)18-13-23-21(24-14-18)22-11-10-17-6-4-3-5-7-17/h6,8-9,12-14H,3-5,7,10-11H2,1-2H3,(H,25,26)(H,22,23,24). The summed E-state index contributed by atoms with van der Waals surface area (Å²) < 4.78 is 0. The molecule has 5 heteroatoms. The molecule has 136 valence electrons. The fourth-order valence-corrected chi connectivity index (χ4v) is 3.03. The average Bonchev–Trinajstić information content (AvgIpc) is 2.66. The number of anilines is 2. The van der Waals surface area contributed by atoms with Crippen LogP contribution in [-0.2, 0) is 0 Å². The number of carbonyl (C=O) groups is 1. The van der Waals surface area contributed by atoms with E-state index in [9.17, 15) is 4.79 Å². The van der Waals surface area contributed by atoms with Crippen LogP contribution in [0.5, 0.6) is 0 Å². The van der Waals surface area contributed by atoms with Crippen molar-refractivity contribution in [2.75, 3.05) is 17.2 Å². The molecule has 0 unspecified atom stereocenters. The largest absolute Gasteiger partial charge is 0.354 e. The van der Waals surface area contributed by atoms with Crippen molar-refractivity contribution < 1.29 is 4.79 Å². The molecule has 3 rings (SSSR count). The van der Waals surface area contributed by atoms with Crippen LogP contribution in [0, 0.1) is 13.8 Å². The third-order valence-electron chi connectivity index (χ3n) is 4.79. The first-order chi connectivity index (χ1) is 12.6. The van der Waals surface area contributed by atoms with E-state index in [1.54, 1.807) is 12.4 Å². The molecule has 5 nitrogen and oxygen atoms in total. The summed E-state index contributed by atoms with van der Waals surface area (Å²) in [4.78, 5) is 20.8. The molecular weight excluding hydrogens is 324 g/mol. The van der Waals surface area contributed by atoms with E-state index in [0.29, 0.717) is 11.5 Å². The Kier molecular flexibility index (Phi) is 6.00. The molecule has 1 aliphatic rings. The van der Waals surface area contributed by atoms with Gasteiger partial charge < -0.3 is 10.6 Å². The first-order valence-corrected chi connectivity index (χ1v) is 9.24. The second-order valence-electron chi connectivity index (χ2n) is 6.83. The highest BCUT2D eigenvalue weighted by molar-refractivity contribution is 6.03. The van der Waals surface area contributed by atoms with E-state index in [1.807, 2.05) is 32.0 Å². The summed E-state index contributed by atoms with van der Waals surface area (Å²) in [6.07, 6.45) is 11.5. The summed E-state index contributed by atoms with van der Waals surface area (Å²) in [5.74, 6) is 0.358. The zero-order valence-electron chi connectivity index (χ0n) is 15.5. The highest BCUT2D eigenvalue weighted by Crippen LogP contribution is 2.20. The zero-order valence-corrected chi connectivity index (χ0v) is 15.5. The van der Waals surface area contributed by atoms with Crippen molar-refractivity contribution in [1.29, 1.82) is 0 Å². The Morgan fingerprint density at radius 3 is 2.62 bits per heavy atom. The zero-order chi connectivity index (χ0) is 18.4. The predicted octanol–water partition coefficient (Wildman–Crippen LogP) is 4.65. The normalized spacial score (nSPS) is 13.8. The first-order valence-electron chi connectivity index (χ1n) is 9.24. The van der Waals surface area contributed by atoms with Crippen LogP contribution in [0.15, 0.2) is 42.2 Å². The van der Waals surface area contributed by atoms with Gasteiger partial charge in [-0.05, 0) is 69.2 Å². The van der Waals surface area contributed by atoms with Gasteiger partial charge in [0.2, 0.25) is 5.95 Å². The Labute approximate surface area is 155 Å². The van der Waals surface area contributed by atoms with Crippen LogP contribution in [-0.4, -0.2) is 22.4 Å². The minimum atomic E-state index is -0.202. The topological polar surface area (TPSA) is 66.9 Å². The molecule has 0 spiro atoms. The van der Waals surface area contributed by atoms with Crippen LogP contribution in [0.3, 0.4) is 0 Å². The number of amides is 1. The summed E-state index contributed by atoms with van der Waals surface area (Å²) in [6.45, 7) is 4.89. The summed E-state index contributed by atoms with van der Waals surface area (Å²) in [5.41, 5.74) is 5.09. The van der Waals surface area contributed by atoms with E-state index < -0.39 is 0 Å². The van der Waals surface area contributed by atoms with Crippen molar-refractivity contribution in [3.05, 3.63) is 58.9 Å². The van der Waals surface area contributed by atoms with Crippen LogP contribution in [0.4, 0.5) is 11.6 Å². The number of benzene rings is 1.